The molecular formula is C13H15NO2. The minimum atomic E-state index is -0.565. The Morgan fingerprint density at radius 2 is 2.25 bits per heavy atom. The van der Waals surface area contributed by atoms with E-state index in [0.717, 1.165) is 16.5 Å². The highest BCUT2D eigenvalue weighted by Crippen LogP contribution is 2.19. The minimum absolute atomic E-state index is 0.336. The first kappa shape index (κ1) is 11.0. The molecule has 0 fully saturated rings. The van der Waals surface area contributed by atoms with E-state index in [4.69, 9.17) is 4.74 Å². The first-order valence-electron chi connectivity index (χ1n) is 5.41. The normalized spacial score (nSPS) is 12.9. The summed E-state index contributed by atoms with van der Waals surface area (Å²) in [6.45, 7) is 2.87. The predicted octanol–water partition coefficient (Wildman–Crippen LogP) is 2.30. The van der Waals surface area contributed by atoms with Crippen LogP contribution in [0.2, 0.25) is 0 Å². The van der Waals surface area contributed by atoms with Gasteiger partial charge in [-0.3, -0.25) is 4.98 Å². The fourth-order valence-electron chi connectivity index (χ4n) is 1.63. The lowest BCUT2D eigenvalue weighted by molar-refractivity contribution is 0.0421. The van der Waals surface area contributed by atoms with E-state index < -0.39 is 6.10 Å². The van der Waals surface area contributed by atoms with E-state index in [1.807, 2.05) is 37.3 Å². The molecule has 16 heavy (non-hydrogen) atoms. The molecule has 84 valence electrons. The van der Waals surface area contributed by atoms with Crippen molar-refractivity contribution in [1.82, 2.24) is 4.98 Å². The highest BCUT2D eigenvalue weighted by Gasteiger charge is 2.07. The molecule has 0 bridgehead atoms. The Kier molecular flexibility index (Phi) is 3.49. The van der Waals surface area contributed by atoms with Crippen molar-refractivity contribution in [3.8, 4) is 0 Å². The summed E-state index contributed by atoms with van der Waals surface area (Å²) < 4.78 is 5.20. The van der Waals surface area contributed by atoms with Crippen molar-refractivity contribution in [2.75, 3.05) is 13.2 Å². The van der Waals surface area contributed by atoms with E-state index in [-0.39, 0.29) is 0 Å². The van der Waals surface area contributed by atoms with Crippen LogP contribution in [-0.4, -0.2) is 23.3 Å². The minimum Gasteiger partial charge on any atom is -0.386 e. The van der Waals surface area contributed by atoms with E-state index in [9.17, 15) is 5.11 Å². The van der Waals surface area contributed by atoms with E-state index >= 15 is 0 Å². The maximum atomic E-state index is 9.87. The molecule has 0 amide bonds. The molecule has 1 heterocycles. The van der Waals surface area contributed by atoms with E-state index in [0.29, 0.717) is 13.2 Å². The van der Waals surface area contributed by atoms with Crippen molar-refractivity contribution in [3.63, 3.8) is 0 Å². The van der Waals surface area contributed by atoms with E-state index in [1.165, 1.54) is 0 Å². The van der Waals surface area contributed by atoms with Crippen LogP contribution in [0, 0.1) is 0 Å². The molecule has 0 aliphatic rings. The summed E-state index contributed by atoms with van der Waals surface area (Å²) in [5.74, 6) is 0. The second-order valence-corrected chi connectivity index (χ2v) is 3.63. The summed E-state index contributed by atoms with van der Waals surface area (Å²) >= 11 is 0. The van der Waals surface area contributed by atoms with Crippen LogP contribution in [0.4, 0.5) is 0 Å². The summed E-state index contributed by atoms with van der Waals surface area (Å²) in [7, 11) is 0. The number of hydrogen-bond acceptors (Lipinski definition) is 3. The maximum Gasteiger partial charge on any atom is 0.102 e. The van der Waals surface area contributed by atoms with Crippen LogP contribution < -0.4 is 0 Å². The fourth-order valence-corrected chi connectivity index (χ4v) is 1.63. The zero-order valence-corrected chi connectivity index (χ0v) is 9.26. The van der Waals surface area contributed by atoms with Crippen molar-refractivity contribution < 1.29 is 9.84 Å². The largest absolute Gasteiger partial charge is 0.386 e. The monoisotopic (exact) mass is 217 g/mol. The van der Waals surface area contributed by atoms with Crippen LogP contribution in [-0.2, 0) is 4.74 Å². The molecule has 0 radical (unpaired) electrons. The number of ether oxygens (including phenoxy) is 1. The zero-order valence-electron chi connectivity index (χ0n) is 9.26. The Morgan fingerprint density at radius 1 is 1.38 bits per heavy atom. The van der Waals surface area contributed by atoms with Gasteiger partial charge >= 0.3 is 0 Å². The molecule has 0 aliphatic heterocycles. The van der Waals surface area contributed by atoms with Crippen molar-refractivity contribution in [3.05, 3.63) is 42.1 Å². The van der Waals surface area contributed by atoms with Gasteiger partial charge in [-0.2, -0.15) is 0 Å². The molecule has 0 saturated carbocycles. The lowest BCUT2D eigenvalue weighted by Gasteiger charge is -2.11. The molecule has 1 aromatic carbocycles. The van der Waals surface area contributed by atoms with Gasteiger partial charge in [0.05, 0.1) is 12.1 Å². The first-order valence-corrected chi connectivity index (χ1v) is 5.41. The number of rotatable bonds is 4. The lowest BCUT2D eigenvalue weighted by Crippen LogP contribution is -2.06. The van der Waals surface area contributed by atoms with Crippen LogP contribution in [0.1, 0.15) is 18.6 Å². The number of hydrogen-bond donors (Lipinski definition) is 1. The number of fused-ring (bicyclic) bond motifs is 1. The number of aliphatic hydroxyl groups excluding tert-OH is 1. The van der Waals surface area contributed by atoms with Crippen LogP contribution in [0.3, 0.4) is 0 Å². The Labute approximate surface area is 94.7 Å². The fraction of sp³-hybridized carbons (Fsp3) is 0.308. The quantitative estimate of drug-likeness (QED) is 0.854. The van der Waals surface area contributed by atoms with E-state index in [2.05, 4.69) is 4.98 Å². The average molecular weight is 217 g/mol. The van der Waals surface area contributed by atoms with Gasteiger partial charge in [-0.15, -0.1) is 0 Å². The molecule has 0 aliphatic carbocycles. The molecule has 2 rings (SSSR count). The lowest BCUT2D eigenvalue weighted by atomic mass is 10.1. The maximum absolute atomic E-state index is 9.87. The van der Waals surface area contributed by atoms with Gasteiger partial charge < -0.3 is 9.84 Å². The molecular weight excluding hydrogens is 202 g/mol. The van der Waals surface area contributed by atoms with Gasteiger partial charge in [0, 0.05) is 18.2 Å². The van der Waals surface area contributed by atoms with Crippen LogP contribution in [0.5, 0.6) is 0 Å². The molecule has 0 spiro atoms. The molecule has 3 heteroatoms. The number of aromatic nitrogens is 1. The summed E-state index contributed by atoms with van der Waals surface area (Å²) in [6, 6.07) is 9.63. The number of aliphatic hydroxyl groups is 1. The van der Waals surface area contributed by atoms with Gasteiger partial charge in [0.1, 0.15) is 6.10 Å². The van der Waals surface area contributed by atoms with Gasteiger partial charge in [-0.25, -0.2) is 0 Å². The molecule has 0 saturated heterocycles. The van der Waals surface area contributed by atoms with Crippen molar-refractivity contribution in [1.29, 1.82) is 0 Å². The smallest absolute Gasteiger partial charge is 0.102 e. The topological polar surface area (TPSA) is 42.4 Å². The number of nitrogens with zero attached hydrogens (tertiary/aromatic N) is 1. The molecule has 2 aromatic rings. The average Bonchev–Trinajstić information content (AvgIpc) is 2.35. The summed E-state index contributed by atoms with van der Waals surface area (Å²) in [6.07, 6.45) is 1.20. The second kappa shape index (κ2) is 5.05. The van der Waals surface area contributed by atoms with Crippen LogP contribution >= 0.6 is 0 Å². The molecule has 1 unspecified atom stereocenters. The Bertz CT molecular complexity index is 470. The molecule has 1 N–H and O–H groups in total. The van der Waals surface area contributed by atoms with Crippen molar-refractivity contribution in [2.24, 2.45) is 0 Å². The zero-order chi connectivity index (χ0) is 11.4. The molecule has 1 atom stereocenters. The summed E-state index contributed by atoms with van der Waals surface area (Å²) in [5, 5.41) is 10.9. The van der Waals surface area contributed by atoms with Gasteiger partial charge in [0.25, 0.3) is 0 Å². The molecule has 1 aromatic heterocycles. The summed E-state index contributed by atoms with van der Waals surface area (Å²) in [5.41, 5.74) is 1.81. The Balaban J connectivity index is 2.25. The highest BCUT2D eigenvalue weighted by atomic mass is 16.5. The van der Waals surface area contributed by atoms with Crippen molar-refractivity contribution in [2.45, 2.75) is 13.0 Å². The van der Waals surface area contributed by atoms with E-state index in [1.54, 1.807) is 6.20 Å². The highest BCUT2D eigenvalue weighted by molar-refractivity contribution is 5.78. The third-order valence-electron chi connectivity index (χ3n) is 2.49. The molecule has 3 nitrogen and oxygen atoms in total. The van der Waals surface area contributed by atoms with Gasteiger partial charge in [0.15, 0.2) is 0 Å². The first-order chi connectivity index (χ1) is 7.81. The second-order valence-electron chi connectivity index (χ2n) is 3.63. The van der Waals surface area contributed by atoms with Gasteiger partial charge in [-0.05, 0) is 30.7 Å². The Morgan fingerprint density at radius 3 is 3.06 bits per heavy atom. The number of pyridine rings is 1. The Hall–Kier alpha value is -1.45. The number of benzene rings is 1. The van der Waals surface area contributed by atoms with Crippen LogP contribution in [0.15, 0.2) is 36.5 Å². The van der Waals surface area contributed by atoms with Gasteiger partial charge in [-0.1, -0.05) is 12.1 Å². The third kappa shape index (κ3) is 2.38. The summed E-state index contributed by atoms with van der Waals surface area (Å²) in [4.78, 5) is 4.23. The van der Waals surface area contributed by atoms with Crippen molar-refractivity contribution >= 4 is 10.9 Å². The predicted molar refractivity (Wildman–Crippen MR) is 63.2 cm³/mol. The standard InChI is InChI=1S/C13H15NO2/c1-2-16-9-13(15)11-5-6-12-10(8-11)4-3-7-14-12/h3-8,13,15H,2,9H2,1H3. The third-order valence-corrected chi connectivity index (χ3v) is 2.49. The SMILES string of the molecule is CCOCC(O)c1ccc2ncccc2c1. The van der Waals surface area contributed by atoms with Gasteiger partial charge in [0.2, 0.25) is 0 Å². The van der Waals surface area contributed by atoms with Crippen LogP contribution in [0.25, 0.3) is 10.9 Å².